The van der Waals surface area contributed by atoms with Gasteiger partial charge in [-0.25, -0.2) is 0 Å². The molecule has 2 heterocycles. The van der Waals surface area contributed by atoms with E-state index in [9.17, 15) is 4.79 Å². The molecule has 2 N–H and O–H groups in total. The lowest BCUT2D eigenvalue weighted by molar-refractivity contribution is -0.139. The first-order valence-corrected chi connectivity index (χ1v) is 5.67. The SMILES string of the molecule is CC(C)C(=O)N1[C@@H]2CC[C@H]1CC(N)C2.Cl. The number of halogens is 1. The minimum Gasteiger partial charge on any atom is -0.336 e. The molecule has 0 saturated carbocycles. The van der Waals surface area contributed by atoms with E-state index in [4.69, 9.17) is 5.73 Å². The Kier molecular flexibility index (Phi) is 4.01. The van der Waals surface area contributed by atoms with Crippen molar-refractivity contribution in [3.63, 3.8) is 0 Å². The Morgan fingerprint density at radius 3 is 2.13 bits per heavy atom. The van der Waals surface area contributed by atoms with Crippen molar-refractivity contribution in [2.24, 2.45) is 11.7 Å². The van der Waals surface area contributed by atoms with Crippen LogP contribution >= 0.6 is 12.4 Å². The fourth-order valence-electron chi connectivity index (χ4n) is 2.88. The zero-order valence-electron chi connectivity index (χ0n) is 9.48. The number of carbonyl (C=O) groups excluding carboxylic acids is 1. The molecule has 0 radical (unpaired) electrons. The van der Waals surface area contributed by atoms with Crippen LogP contribution in [0.5, 0.6) is 0 Å². The number of fused-ring (bicyclic) bond motifs is 2. The molecule has 2 saturated heterocycles. The Balaban J connectivity index is 0.00000112. The molecule has 0 aromatic heterocycles. The quantitative estimate of drug-likeness (QED) is 0.746. The van der Waals surface area contributed by atoms with Crippen LogP contribution in [0.15, 0.2) is 0 Å². The average Bonchev–Trinajstić information content (AvgIpc) is 2.37. The first-order chi connectivity index (χ1) is 6.59. The van der Waals surface area contributed by atoms with Crippen molar-refractivity contribution in [1.82, 2.24) is 4.90 Å². The maximum absolute atomic E-state index is 12.0. The number of hydrogen-bond acceptors (Lipinski definition) is 2. The number of amides is 1. The van der Waals surface area contributed by atoms with E-state index in [1.807, 2.05) is 13.8 Å². The van der Waals surface area contributed by atoms with Crippen LogP contribution in [0.1, 0.15) is 39.5 Å². The highest BCUT2D eigenvalue weighted by atomic mass is 35.5. The largest absolute Gasteiger partial charge is 0.336 e. The average molecular weight is 233 g/mol. The second-order valence-electron chi connectivity index (χ2n) is 5.02. The first kappa shape index (κ1) is 12.8. The number of hydrogen-bond donors (Lipinski definition) is 1. The van der Waals surface area contributed by atoms with Gasteiger partial charge < -0.3 is 10.6 Å². The zero-order valence-corrected chi connectivity index (χ0v) is 10.3. The van der Waals surface area contributed by atoms with E-state index in [2.05, 4.69) is 4.90 Å². The third-order valence-corrected chi connectivity index (χ3v) is 3.52. The zero-order chi connectivity index (χ0) is 10.3. The van der Waals surface area contributed by atoms with Crippen molar-refractivity contribution in [3.8, 4) is 0 Å². The van der Waals surface area contributed by atoms with E-state index in [-0.39, 0.29) is 18.3 Å². The van der Waals surface area contributed by atoms with Gasteiger partial charge in [0.05, 0.1) is 0 Å². The fraction of sp³-hybridized carbons (Fsp3) is 0.909. The lowest BCUT2D eigenvalue weighted by atomic mass is 9.96. The second kappa shape index (κ2) is 4.71. The van der Waals surface area contributed by atoms with Crippen LogP contribution in [-0.4, -0.2) is 28.9 Å². The predicted octanol–water partition coefficient (Wildman–Crippen LogP) is 1.54. The summed E-state index contributed by atoms with van der Waals surface area (Å²) in [6.45, 7) is 3.96. The van der Waals surface area contributed by atoms with Gasteiger partial charge in [-0.3, -0.25) is 4.79 Å². The molecule has 1 unspecified atom stereocenters. The van der Waals surface area contributed by atoms with Gasteiger partial charge in [0.15, 0.2) is 0 Å². The Morgan fingerprint density at radius 2 is 1.73 bits per heavy atom. The van der Waals surface area contributed by atoms with Gasteiger partial charge in [0.25, 0.3) is 0 Å². The summed E-state index contributed by atoms with van der Waals surface area (Å²) >= 11 is 0. The smallest absolute Gasteiger partial charge is 0.225 e. The molecule has 0 aromatic rings. The summed E-state index contributed by atoms with van der Waals surface area (Å²) in [6.07, 6.45) is 4.34. The van der Waals surface area contributed by atoms with Crippen LogP contribution in [0.25, 0.3) is 0 Å². The maximum Gasteiger partial charge on any atom is 0.225 e. The summed E-state index contributed by atoms with van der Waals surface area (Å²) in [5.41, 5.74) is 5.96. The van der Waals surface area contributed by atoms with Crippen LogP contribution in [0, 0.1) is 5.92 Å². The molecule has 4 heteroatoms. The lowest BCUT2D eigenvalue weighted by Gasteiger charge is -2.38. The topological polar surface area (TPSA) is 46.3 Å². The highest BCUT2D eigenvalue weighted by Crippen LogP contribution is 2.35. The summed E-state index contributed by atoms with van der Waals surface area (Å²) in [4.78, 5) is 14.1. The molecular weight excluding hydrogens is 212 g/mol. The summed E-state index contributed by atoms with van der Waals surface area (Å²) in [5, 5.41) is 0. The van der Waals surface area contributed by atoms with E-state index < -0.39 is 0 Å². The minimum absolute atomic E-state index is 0. The normalized spacial score (nSPS) is 34.1. The first-order valence-electron chi connectivity index (χ1n) is 5.67. The van der Waals surface area contributed by atoms with Crippen LogP contribution in [0.3, 0.4) is 0 Å². The molecule has 2 fully saturated rings. The molecule has 3 nitrogen and oxygen atoms in total. The van der Waals surface area contributed by atoms with Gasteiger partial charge in [-0.15, -0.1) is 12.4 Å². The Hall–Kier alpha value is -0.280. The van der Waals surface area contributed by atoms with Gasteiger partial charge in [-0.1, -0.05) is 13.8 Å². The lowest BCUT2D eigenvalue weighted by Crippen LogP contribution is -2.51. The van der Waals surface area contributed by atoms with Crippen molar-refractivity contribution in [2.45, 2.75) is 57.7 Å². The van der Waals surface area contributed by atoms with Crippen molar-refractivity contribution >= 4 is 18.3 Å². The van der Waals surface area contributed by atoms with Crippen molar-refractivity contribution in [2.75, 3.05) is 0 Å². The summed E-state index contributed by atoms with van der Waals surface area (Å²) in [6, 6.07) is 1.21. The van der Waals surface area contributed by atoms with E-state index >= 15 is 0 Å². The molecule has 2 aliphatic rings. The molecule has 2 bridgehead atoms. The summed E-state index contributed by atoms with van der Waals surface area (Å²) < 4.78 is 0. The van der Waals surface area contributed by atoms with Gasteiger partial charge in [0.2, 0.25) is 5.91 Å². The van der Waals surface area contributed by atoms with E-state index in [1.54, 1.807) is 0 Å². The van der Waals surface area contributed by atoms with Gasteiger partial charge in [-0.05, 0) is 25.7 Å². The van der Waals surface area contributed by atoms with Gasteiger partial charge in [-0.2, -0.15) is 0 Å². The molecule has 1 amide bonds. The molecule has 0 aromatic carbocycles. The molecule has 0 aliphatic carbocycles. The standard InChI is InChI=1S/C11H20N2O.ClH/c1-7(2)11(14)13-9-3-4-10(13)6-8(12)5-9;/h7-10H,3-6,12H2,1-2H3;1H/t8?,9-,10+;. The predicted molar refractivity (Wildman–Crippen MR) is 63.0 cm³/mol. The third kappa shape index (κ3) is 2.28. The van der Waals surface area contributed by atoms with Crippen molar-refractivity contribution < 1.29 is 4.79 Å². The van der Waals surface area contributed by atoms with E-state index in [0.717, 1.165) is 25.7 Å². The number of carbonyl (C=O) groups is 1. The highest BCUT2D eigenvalue weighted by Gasteiger charge is 2.42. The van der Waals surface area contributed by atoms with Crippen LogP contribution < -0.4 is 5.73 Å². The molecular formula is C11H21ClN2O. The van der Waals surface area contributed by atoms with Crippen molar-refractivity contribution in [3.05, 3.63) is 0 Å². The molecule has 3 atom stereocenters. The maximum atomic E-state index is 12.0. The highest BCUT2D eigenvalue weighted by molar-refractivity contribution is 5.85. The van der Waals surface area contributed by atoms with E-state index in [1.165, 1.54) is 0 Å². The Bertz CT molecular complexity index is 231. The number of piperidine rings is 1. The summed E-state index contributed by atoms with van der Waals surface area (Å²) in [5.74, 6) is 0.455. The number of rotatable bonds is 1. The third-order valence-electron chi connectivity index (χ3n) is 3.52. The molecule has 88 valence electrons. The van der Waals surface area contributed by atoms with Crippen LogP contribution in [0.4, 0.5) is 0 Å². The second-order valence-corrected chi connectivity index (χ2v) is 5.02. The van der Waals surface area contributed by atoms with E-state index in [0.29, 0.717) is 24.0 Å². The monoisotopic (exact) mass is 232 g/mol. The molecule has 15 heavy (non-hydrogen) atoms. The van der Waals surface area contributed by atoms with Gasteiger partial charge in [0, 0.05) is 24.0 Å². The molecule has 2 aliphatic heterocycles. The minimum atomic E-state index is 0. The molecule has 0 spiro atoms. The Labute approximate surface area is 97.8 Å². The van der Waals surface area contributed by atoms with Crippen molar-refractivity contribution in [1.29, 1.82) is 0 Å². The fourth-order valence-corrected chi connectivity index (χ4v) is 2.88. The number of nitrogens with zero attached hydrogens (tertiary/aromatic N) is 1. The summed E-state index contributed by atoms with van der Waals surface area (Å²) in [7, 11) is 0. The molecule has 2 rings (SSSR count). The van der Waals surface area contributed by atoms with Crippen LogP contribution in [0.2, 0.25) is 0 Å². The van der Waals surface area contributed by atoms with Crippen LogP contribution in [-0.2, 0) is 4.79 Å². The Morgan fingerprint density at radius 1 is 1.27 bits per heavy atom. The van der Waals surface area contributed by atoms with Gasteiger partial charge >= 0.3 is 0 Å². The van der Waals surface area contributed by atoms with Gasteiger partial charge in [0.1, 0.15) is 0 Å². The number of nitrogens with two attached hydrogens (primary N) is 1.